The Morgan fingerprint density at radius 1 is 1.17 bits per heavy atom. The zero-order valence-corrected chi connectivity index (χ0v) is 10.0. The quantitative estimate of drug-likeness (QED) is 0.772. The summed E-state index contributed by atoms with van der Waals surface area (Å²) >= 11 is 0. The molecule has 0 saturated heterocycles. The summed E-state index contributed by atoms with van der Waals surface area (Å²) in [6.07, 6.45) is 0.281. The Balaban J connectivity index is 2.13. The molecule has 3 heteroatoms. The number of Topliss-reactive ketones (excluding diaryl/α,β-unsaturated/α-hetero) is 1. The maximum atomic E-state index is 12.7. The van der Waals surface area contributed by atoms with Crippen molar-refractivity contribution in [3.63, 3.8) is 0 Å². The molecule has 0 unspecified atom stereocenters. The van der Waals surface area contributed by atoms with Crippen LogP contribution < -0.4 is 4.74 Å². The normalized spacial score (nSPS) is 10.1. The van der Waals surface area contributed by atoms with Gasteiger partial charge in [0.25, 0.3) is 0 Å². The number of carbonyl (C=O) groups excluding carboxylic acids is 1. The van der Waals surface area contributed by atoms with Gasteiger partial charge in [0.1, 0.15) is 11.6 Å². The van der Waals surface area contributed by atoms with Gasteiger partial charge in [-0.05, 0) is 42.0 Å². The lowest BCUT2D eigenvalue weighted by Gasteiger charge is -2.04. The van der Waals surface area contributed by atoms with E-state index in [1.807, 2.05) is 24.3 Å². The summed E-state index contributed by atoms with van der Waals surface area (Å²) in [4.78, 5) is 12.0. The molecule has 0 N–H and O–H groups in total. The van der Waals surface area contributed by atoms with Crippen molar-refractivity contribution in [2.45, 2.75) is 6.42 Å². The van der Waals surface area contributed by atoms with Crippen LogP contribution in [0.3, 0.4) is 0 Å². The summed E-state index contributed by atoms with van der Waals surface area (Å²) in [5.41, 5.74) is 1.39. The molecule has 2 aromatic rings. The van der Waals surface area contributed by atoms with Gasteiger partial charge in [0.05, 0.1) is 7.11 Å². The molecule has 0 amide bonds. The fraction of sp³-hybridized carbons (Fsp3) is 0.133. The molecule has 0 spiro atoms. The molecule has 2 nitrogen and oxygen atoms in total. The highest BCUT2D eigenvalue weighted by molar-refractivity contribution is 5.97. The van der Waals surface area contributed by atoms with E-state index in [4.69, 9.17) is 4.74 Å². The topological polar surface area (TPSA) is 26.3 Å². The smallest absolute Gasteiger partial charge is 0.167 e. The number of methoxy groups -OCH3 is 1. The Morgan fingerprint density at radius 2 is 1.89 bits per heavy atom. The minimum atomic E-state index is -0.340. The van der Waals surface area contributed by atoms with Crippen LogP contribution in [0.4, 0.5) is 4.39 Å². The zero-order valence-electron chi connectivity index (χ0n) is 10.0. The molecule has 0 heterocycles. The Bertz CT molecular complexity index is 547. The number of carbonyl (C=O) groups is 1. The summed E-state index contributed by atoms with van der Waals surface area (Å²) in [7, 11) is 1.58. The Kier molecular flexibility index (Phi) is 3.72. The molecule has 0 bridgehead atoms. The number of halogens is 1. The molecule has 0 saturated carbocycles. The van der Waals surface area contributed by atoms with Crippen LogP contribution >= 0.6 is 0 Å². The van der Waals surface area contributed by atoms with Crippen LogP contribution in [0.5, 0.6) is 5.75 Å². The molecule has 0 radical (unpaired) electrons. The largest absolute Gasteiger partial charge is 0.497 e. The van der Waals surface area contributed by atoms with E-state index in [2.05, 4.69) is 0 Å². The number of rotatable bonds is 4. The van der Waals surface area contributed by atoms with Gasteiger partial charge in [-0.15, -0.1) is 0 Å². The molecular formula is C15H13FO2. The van der Waals surface area contributed by atoms with Gasteiger partial charge in [-0.2, -0.15) is 0 Å². The van der Waals surface area contributed by atoms with Gasteiger partial charge in [0, 0.05) is 12.0 Å². The lowest BCUT2D eigenvalue weighted by Crippen LogP contribution is -2.03. The first kappa shape index (κ1) is 12.3. The van der Waals surface area contributed by atoms with Gasteiger partial charge in [-0.1, -0.05) is 12.1 Å². The highest BCUT2D eigenvalue weighted by atomic mass is 19.1. The lowest BCUT2D eigenvalue weighted by atomic mass is 10.0. The van der Waals surface area contributed by atoms with Gasteiger partial charge in [0.15, 0.2) is 5.78 Å². The first-order valence-electron chi connectivity index (χ1n) is 5.61. The van der Waals surface area contributed by atoms with Gasteiger partial charge in [-0.3, -0.25) is 4.79 Å². The standard InChI is InChI=1S/C15H13FO2/c1-18-14-4-2-3-11(9-14)10-15(17)12-5-7-13(16)8-6-12/h2-9H,10H2,1H3. The summed E-state index contributed by atoms with van der Waals surface area (Å²) in [5, 5.41) is 0. The predicted octanol–water partition coefficient (Wildman–Crippen LogP) is 3.26. The number of benzene rings is 2. The monoisotopic (exact) mass is 244 g/mol. The molecule has 0 aliphatic carbocycles. The predicted molar refractivity (Wildman–Crippen MR) is 67.4 cm³/mol. The lowest BCUT2D eigenvalue weighted by molar-refractivity contribution is 0.0993. The van der Waals surface area contributed by atoms with Crippen molar-refractivity contribution in [3.05, 3.63) is 65.5 Å². The molecule has 92 valence electrons. The second-order valence-electron chi connectivity index (χ2n) is 3.96. The maximum absolute atomic E-state index is 12.7. The highest BCUT2D eigenvalue weighted by Gasteiger charge is 2.07. The van der Waals surface area contributed by atoms with Crippen LogP contribution in [0.25, 0.3) is 0 Å². The Morgan fingerprint density at radius 3 is 2.56 bits per heavy atom. The van der Waals surface area contributed by atoms with Gasteiger partial charge in [0.2, 0.25) is 0 Å². The van der Waals surface area contributed by atoms with Crippen molar-refractivity contribution in [2.24, 2.45) is 0 Å². The molecular weight excluding hydrogens is 231 g/mol. The molecule has 0 aliphatic rings. The molecule has 0 aromatic heterocycles. The molecule has 0 atom stereocenters. The maximum Gasteiger partial charge on any atom is 0.167 e. The molecule has 0 aliphatic heterocycles. The minimum Gasteiger partial charge on any atom is -0.497 e. The molecule has 2 rings (SSSR count). The molecule has 0 fully saturated rings. The average Bonchev–Trinajstić information content (AvgIpc) is 2.39. The van der Waals surface area contributed by atoms with Crippen LogP contribution in [0, 0.1) is 5.82 Å². The van der Waals surface area contributed by atoms with Gasteiger partial charge in [-0.25, -0.2) is 4.39 Å². The third-order valence-corrected chi connectivity index (χ3v) is 2.67. The van der Waals surface area contributed by atoms with Gasteiger partial charge >= 0.3 is 0 Å². The minimum absolute atomic E-state index is 0.0387. The van der Waals surface area contributed by atoms with E-state index < -0.39 is 0 Å². The summed E-state index contributed by atoms with van der Waals surface area (Å²) in [6.45, 7) is 0. The van der Waals surface area contributed by atoms with E-state index in [-0.39, 0.29) is 18.0 Å². The van der Waals surface area contributed by atoms with E-state index in [1.54, 1.807) is 7.11 Å². The van der Waals surface area contributed by atoms with E-state index in [1.165, 1.54) is 24.3 Å². The van der Waals surface area contributed by atoms with Crippen LogP contribution in [0.15, 0.2) is 48.5 Å². The Labute approximate surface area is 105 Å². The molecule has 18 heavy (non-hydrogen) atoms. The van der Waals surface area contributed by atoms with Crippen molar-refractivity contribution in [3.8, 4) is 5.75 Å². The SMILES string of the molecule is COc1cccc(CC(=O)c2ccc(F)cc2)c1. The molecule has 2 aromatic carbocycles. The third-order valence-electron chi connectivity index (χ3n) is 2.67. The third kappa shape index (κ3) is 2.94. The first-order valence-corrected chi connectivity index (χ1v) is 5.61. The Hall–Kier alpha value is -2.16. The zero-order chi connectivity index (χ0) is 13.0. The van der Waals surface area contributed by atoms with Crippen LogP contribution in [0.2, 0.25) is 0 Å². The van der Waals surface area contributed by atoms with E-state index in [9.17, 15) is 9.18 Å². The number of ether oxygens (including phenoxy) is 1. The fourth-order valence-corrected chi connectivity index (χ4v) is 1.71. The first-order chi connectivity index (χ1) is 8.69. The van der Waals surface area contributed by atoms with Crippen molar-refractivity contribution in [1.82, 2.24) is 0 Å². The highest BCUT2D eigenvalue weighted by Crippen LogP contribution is 2.15. The van der Waals surface area contributed by atoms with Crippen LogP contribution in [-0.4, -0.2) is 12.9 Å². The second kappa shape index (κ2) is 5.45. The summed E-state index contributed by atoms with van der Waals surface area (Å²) in [6, 6.07) is 12.9. The van der Waals surface area contributed by atoms with E-state index >= 15 is 0 Å². The average molecular weight is 244 g/mol. The van der Waals surface area contributed by atoms with Crippen molar-refractivity contribution >= 4 is 5.78 Å². The summed E-state index contributed by atoms with van der Waals surface area (Å²) in [5.74, 6) is 0.343. The van der Waals surface area contributed by atoms with E-state index in [0.717, 1.165) is 11.3 Å². The van der Waals surface area contributed by atoms with Crippen molar-refractivity contribution in [2.75, 3.05) is 7.11 Å². The second-order valence-corrected chi connectivity index (χ2v) is 3.96. The van der Waals surface area contributed by atoms with Crippen LogP contribution in [0.1, 0.15) is 15.9 Å². The van der Waals surface area contributed by atoms with Crippen molar-refractivity contribution in [1.29, 1.82) is 0 Å². The van der Waals surface area contributed by atoms with Crippen LogP contribution in [-0.2, 0) is 6.42 Å². The van der Waals surface area contributed by atoms with Gasteiger partial charge < -0.3 is 4.74 Å². The van der Waals surface area contributed by atoms with Crippen molar-refractivity contribution < 1.29 is 13.9 Å². The fourth-order valence-electron chi connectivity index (χ4n) is 1.71. The summed E-state index contributed by atoms with van der Waals surface area (Å²) < 4.78 is 17.8. The number of ketones is 1. The van der Waals surface area contributed by atoms with E-state index in [0.29, 0.717) is 5.56 Å². The number of hydrogen-bond donors (Lipinski definition) is 0. The number of hydrogen-bond acceptors (Lipinski definition) is 2.